The molecule has 2 heterocycles. The molecule has 3 rings (SSSR count). The van der Waals surface area contributed by atoms with Crippen molar-refractivity contribution in [3.63, 3.8) is 0 Å². The normalized spacial score (nSPS) is 11.4. The molecule has 0 saturated heterocycles. The van der Waals surface area contributed by atoms with E-state index in [2.05, 4.69) is 31.0 Å². The minimum absolute atomic E-state index is 0.101. The number of benzene rings is 1. The van der Waals surface area contributed by atoms with Gasteiger partial charge in [-0.05, 0) is 24.0 Å². The largest absolute Gasteiger partial charge is 0.481 e. The van der Waals surface area contributed by atoms with Crippen molar-refractivity contribution < 1.29 is 9.90 Å². The summed E-state index contributed by atoms with van der Waals surface area (Å²) in [6.07, 6.45) is -0.101. The van der Waals surface area contributed by atoms with E-state index in [1.807, 2.05) is 17.5 Å². The van der Waals surface area contributed by atoms with Crippen LogP contribution in [0.25, 0.3) is 21.3 Å². The van der Waals surface area contributed by atoms with Crippen molar-refractivity contribution in [2.24, 2.45) is 0 Å². The van der Waals surface area contributed by atoms with E-state index < -0.39 is 5.97 Å². The zero-order chi connectivity index (χ0) is 18.1. The lowest BCUT2D eigenvalue weighted by Crippen LogP contribution is -2.24. The van der Waals surface area contributed by atoms with E-state index in [0.29, 0.717) is 22.0 Å². The number of aryl methyl sites for hydroxylation is 1. The van der Waals surface area contributed by atoms with Gasteiger partial charge in [0.2, 0.25) is 0 Å². The Bertz CT molecular complexity index is 984. The second kappa shape index (κ2) is 6.80. The predicted molar refractivity (Wildman–Crippen MR) is 100 cm³/mol. The third kappa shape index (κ3) is 3.35. The van der Waals surface area contributed by atoms with Gasteiger partial charge in [-0.25, -0.2) is 4.98 Å². The monoisotopic (exact) mass is 356 g/mol. The fourth-order valence-corrected chi connectivity index (χ4v) is 3.84. The number of carbonyl (C=O) groups is 1. The summed E-state index contributed by atoms with van der Waals surface area (Å²) in [6.45, 7) is 6.15. The van der Waals surface area contributed by atoms with Crippen LogP contribution in [0.5, 0.6) is 0 Å². The number of thiophene rings is 1. The molecule has 0 aliphatic carbocycles. The first-order valence-electron chi connectivity index (χ1n) is 8.19. The Morgan fingerprint density at radius 3 is 2.56 bits per heavy atom. The van der Waals surface area contributed by atoms with Gasteiger partial charge in [-0.15, -0.1) is 11.3 Å². The molecule has 2 aromatic heterocycles. The summed E-state index contributed by atoms with van der Waals surface area (Å²) >= 11 is 1.44. The molecule has 0 aliphatic rings. The lowest BCUT2D eigenvalue weighted by atomic mass is 9.99. The Kier molecular flexibility index (Phi) is 4.72. The molecule has 130 valence electrons. The Hall–Kier alpha value is -2.47. The zero-order valence-corrected chi connectivity index (χ0v) is 15.3. The maximum atomic E-state index is 12.9. The van der Waals surface area contributed by atoms with Crippen LogP contribution in [-0.4, -0.2) is 20.6 Å². The van der Waals surface area contributed by atoms with Crippen molar-refractivity contribution in [3.05, 3.63) is 51.4 Å². The highest BCUT2D eigenvalue weighted by Crippen LogP contribution is 2.31. The lowest BCUT2D eigenvalue weighted by Gasteiger charge is -2.09. The van der Waals surface area contributed by atoms with Crippen LogP contribution >= 0.6 is 11.3 Å². The predicted octanol–water partition coefficient (Wildman–Crippen LogP) is 4.03. The number of aromatic nitrogens is 2. The number of aliphatic carboxylic acids is 1. The highest BCUT2D eigenvalue weighted by Gasteiger charge is 2.16. The standard InChI is InChI=1S/C19H20N2O3S/c1-11(2)13-4-6-14(7-5-13)15-10-25-18-17(15)19(24)21(12(3)20-18)9-8-16(22)23/h4-7,10-11H,8-9H2,1-3H3,(H,22,23). The molecular weight excluding hydrogens is 336 g/mol. The molecule has 0 spiro atoms. The maximum absolute atomic E-state index is 12.9. The Balaban J connectivity index is 2.12. The first kappa shape index (κ1) is 17.4. The molecule has 0 aliphatic heterocycles. The number of carboxylic acids is 1. The molecule has 0 atom stereocenters. The van der Waals surface area contributed by atoms with E-state index in [1.54, 1.807) is 6.92 Å². The topological polar surface area (TPSA) is 72.2 Å². The van der Waals surface area contributed by atoms with Crippen molar-refractivity contribution in [1.29, 1.82) is 0 Å². The molecule has 0 amide bonds. The van der Waals surface area contributed by atoms with Gasteiger partial charge >= 0.3 is 5.97 Å². The first-order chi connectivity index (χ1) is 11.9. The minimum Gasteiger partial charge on any atom is -0.481 e. The summed E-state index contributed by atoms with van der Waals surface area (Å²) in [6, 6.07) is 8.21. The number of hydrogen-bond acceptors (Lipinski definition) is 4. The average molecular weight is 356 g/mol. The highest BCUT2D eigenvalue weighted by atomic mass is 32.1. The van der Waals surface area contributed by atoms with E-state index >= 15 is 0 Å². The second-order valence-electron chi connectivity index (χ2n) is 6.37. The summed E-state index contributed by atoms with van der Waals surface area (Å²) < 4.78 is 1.45. The van der Waals surface area contributed by atoms with Crippen molar-refractivity contribution in [3.8, 4) is 11.1 Å². The molecule has 3 aromatic rings. The van der Waals surface area contributed by atoms with Gasteiger partial charge in [0.05, 0.1) is 11.8 Å². The van der Waals surface area contributed by atoms with Gasteiger partial charge in [0.15, 0.2) is 0 Å². The summed E-state index contributed by atoms with van der Waals surface area (Å²) in [5.41, 5.74) is 2.91. The van der Waals surface area contributed by atoms with E-state index in [1.165, 1.54) is 21.5 Å². The molecule has 6 heteroatoms. The smallest absolute Gasteiger partial charge is 0.305 e. The van der Waals surface area contributed by atoms with Gasteiger partial charge < -0.3 is 5.11 Å². The first-order valence-corrected chi connectivity index (χ1v) is 9.07. The van der Waals surface area contributed by atoms with Crippen LogP contribution in [0.1, 0.15) is 37.6 Å². The molecule has 1 N–H and O–H groups in total. The second-order valence-corrected chi connectivity index (χ2v) is 7.22. The number of nitrogens with zero attached hydrogens (tertiary/aromatic N) is 2. The molecule has 0 saturated carbocycles. The van der Waals surface area contributed by atoms with Crippen LogP contribution < -0.4 is 5.56 Å². The van der Waals surface area contributed by atoms with Crippen molar-refractivity contribution in [1.82, 2.24) is 9.55 Å². The Morgan fingerprint density at radius 2 is 1.96 bits per heavy atom. The van der Waals surface area contributed by atoms with Crippen LogP contribution in [0, 0.1) is 6.92 Å². The van der Waals surface area contributed by atoms with Crippen LogP contribution in [0.4, 0.5) is 0 Å². The highest BCUT2D eigenvalue weighted by molar-refractivity contribution is 7.17. The average Bonchev–Trinajstić information content (AvgIpc) is 2.98. The quantitative estimate of drug-likeness (QED) is 0.749. The zero-order valence-electron chi connectivity index (χ0n) is 14.4. The van der Waals surface area contributed by atoms with Gasteiger partial charge in [-0.2, -0.15) is 0 Å². The summed E-state index contributed by atoms with van der Waals surface area (Å²) in [4.78, 5) is 29.0. The summed E-state index contributed by atoms with van der Waals surface area (Å²) in [5, 5.41) is 11.4. The van der Waals surface area contributed by atoms with E-state index in [9.17, 15) is 9.59 Å². The third-order valence-electron chi connectivity index (χ3n) is 4.32. The molecule has 25 heavy (non-hydrogen) atoms. The lowest BCUT2D eigenvalue weighted by molar-refractivity contribution is -0.137. The number of rotatable bonds is 5. The van der Waals surface area contributed by atoms with Gasteiger partial charge in [-0.1, -0.05) is 38.1 Å². The number of fused-ring (bicyclic) bond motifs is 1. The third-order valence-corrected chi connectivity index (χ3v) is 5.19. The summed E-state index contributed by atoms with van der Waals surface area (Å²) in [7, 11) is 0. The molecule has 5 nitrogen and oxygen atoms in total. The van der Waals surface area contributed by atoms with Crippen LogP contribution in [0.2, 0.25) is 0 Å². The van der Waals surface area contributed by atoms with Gasteiger partial charge in [0.25, 0.3) is 5.56 Å². The Morgan fingerprint density at radius 1 is 1.28 bits per heavy atom. The molecular formula is C19H20N2O3S. The molecule has 1 aromatic carbocycles. The minimum atomic E-state index is -0.929. The fourth-order valence-electron chi connectivity index (χ4n) is 2.86. The van der Waals surface area contributed by atoms with E-state index in [-0.39, 0.29) is 18.5 Å². The van der Waals surface area contributed by atoms with Crippen LogP contribution in [0.15, 0.2) is 34.4 Å². The SMILES string of the molecule is Cc1nc2scc(-c3ccc(C(C)C)cc3)c2c(=O)n1CCC(=O)O. The number of hydrogen-bond donors (Lipinski definition) is 1. The van der Waals surface area contributed by atoms with Gasteiger partial charge in [-0.3, -0.25) is 14.2 Å². The van der Waals surface area contributed by atoms with Gasteiger partial charge in [0, 0.05) is 17.5 Å². The van der Waals surface area contributed by atoms with Crippen molar-refractivity contribution in [2.45, 2.75) is 39.7 Å². The fraction of sp³-hybridized carbons (Fsp3) is 0.316. The Labute approximate surface area is 149 Å². The van der Waals surface area contributed by atoms with Gasteiger partial charge in [0.1, 0.15) is 10.7 Å². The van der Waals surface area contributed by atoms with Crippen molar-refractivity contribution >= 4 is 27.5 Å². The molecule has 0 fully saturated rings. The van der Waals surface area contributed by atoms with Crippen molar-refractivity contribution in [2.75, 3.05) is 0 Å². The number of carboxylic acid groups (broad SMARTS) is 1. The maximum Gasteiger partial charge on any atom is 0.305 e. The van der Waals surface area contributed by atoms with E-state index in [4.69, 9.17) is 5.11 Å². The molecule has 0 unspecified atom stereocenters. The molecule has 0 radical (unpaired) electrons. The van der Waals surface area contributed by atoms with Crippen LogP contribution in [0.3, 0.4) is 0 Å². The van der Waals surface area contributed by atoms with E-state index in [0.717, 1.165) is 11.1 Å². The van der Waals surface area contributed by atoms with Crippen LogP contribution in [-0.2, 0) is 11.3 Å². The molecule has 0 bridgehead atoms. The summed E-state index contributed by atoms with van der Waals surface area (Å²) in [5.74, 6) is 0.0642.